The third kappa shape index (κ3) is 3.79. The van der Waals surface area contributed by atoms with Crippen molar-refractivity contribution in [2.45, 2.75) is 13.8 Å². The third-order valence-electron chi connectivity index (χ3n) is 2.69. The Morgan fingerprint density at radius 3 is 2.81 bits per heavy atom. The molecule has 0 saturated heterocycles. The first-order valence-corrected chi connectivity index (χ1v) is 6.93. The van der Waals surface area contributed by atoms with Crippen molar-refractivity contribution in [1.82, 2.24) is 4.37 Å². The molecule has 110 valence electrons. The van der Waals surface area contributed by atoms with Crippen LogP contribution in [0.25, 0.3) is 0 Å². The number of nitrogens with zero attached hydrogens (tertiary/aromatic N) is 1. The van der Waals surface area contributed by atoms with Crippen molar-refractivity contribution in [1.29, 1.82) is 0 Å². The van der Waals surface area contributed by atoms with Crippen molar-refractivity contribution < 1.29 is 19.4 Å². The molecule has 0 radical (unpaired) electrons. The number of carboxylic acid groups (broad SMARTS) is 1. The summed E-state index contributed by atoms with van der Waals surface area (Å²) in [7, 11) is 0. The van der Waals surface area contributed by atoms with Crippen LogP contribution in [-0.4, -0.2) is 28.0 Å². The lowest BCUT2D eigenvalue weighted by Crippen LogP contribution is -2.20. The molecule has 21 heavy (non-hydrogen) atoms. The van der Waals surface area contributed by atoms with Crippen LogP contribution in [0, 0.1) is 13.8 Å². The van der Waals surface area contributed by atoms with Gasteiger partial charge in [-0.1, -0.05) is 12.1 Å². The number of rotatable bonds is 5. The van der Waals surface area contributed by atoms with Gasteiger partial charge in [-0.2, -0.15) is 4.37 Å². The molecule has 6 nitrogen and oxygen atoms in total. The number of benzene rings is 1. The molecule has 2 aromatic rings. The van der Waals surface area contributed by atoms with Crippen LogP contribution >= 0.6 is 11.5 Å². The zero-order chi connectivity index (χ0) is 15.4. The molecule has 1 amide bonds. The maximum absolute atomic E-state index is 11.8. The van der Waals surface area contributed by atoms with Gasteiger partial charge in [0.2, 0.25) is 0 Å². The van der Waals surface area contributed by atoms with E-state index in [0.717, 1.165) is 17.1 Å². The van der Waals surface area contributed by atoms with E-state index in [9.17, 15) is 9.59 Å². The molecule has 0 unspecified atom stereocenters. The van der Waals surface area contributed by atoms with Gasteiger partial charge in [-0.3, -0.25) is 4.79 Å². The van der Waals surface area contributed by atoms with Gasteiger partial charge in [0.1, 0.15) is 16.3 Å². The van der Waals surface area contributed by atoms with E-state index in [1.165, 1.54) is 0 Å². The Morgan fingerprint density at radius 1 is 1.38 bits per heavy atom. The fourth-order valence-electron chi connectivity index (χ4n) is 1.72. The second kappa shape index (κ2) is 6.36. The van der Waals surface area contributed by atoms with Crippen LogP contribution in [-0.2, 0) is 4.79 Å². The van der Waals surface area contributed by atoms with E-state index in [4.69, 9.17) is 9.84 Å². The van der Waals surface area contributed by atoms with Crippen molar-refractivity contribution in [3.8, 4) is 5.75 Å². The largest absolute Gasteiger partial charge is 0.484 e. The van der Waals surface area contributed by atoms with Crippen LogP contribution < -0.4 is 10.1 Å². The van der Waals surface area contributed by atoms with Crippen LogP contribution in [0.2, 0.25) is 0 Å². The zero-order valence-electron chi connectivity index (χ0n) is 11.5. The van der Waals surface area contributed by atoms with Gasteiger partial charge in [0.15, 0.2) is 6.61 Å². The number of carboxylic acids is 1. The van der Waals surface area contributed by atoms with Gasteiger partial charge in [-0.05, 0) is 43.1 Å². The Hall–Kier alpha value is -2.41. The molecule has 1 aromatic heterocycles. The molecular weight excluding hydrogens is 292 g/mol. The Balaban J connectivity index is 1.98. The summed E-state index contributed by atoms with van der Waals surface area (Å²) in [6, 6.07) is 7.32. The molecule has 0 aliphatic rings. The van der Waals surface area contributed by atoms with Crippen molar-refractivity contribution >= 4 is 28.4 Å². The average Bonchev–Trinajstić information content (AvgIpc) is 2.77. The molecule has 1 aromatic carbocycles. The summed E-state index contributed by atoms with van der Waals surface area (Å²) in [6.07, 6.45) is 0. The zero-order valence-corrected chi connectivity index (χ0v) is 12.4. The molecule has 1 heterocycles. The lowest BCUT2D eigenvalue weighted by molar-refractivity contribution is -0.118. The number of hydrogen-bond acceptors (Lipinski definition) is 5. The molecule has 0 atom stereocenters. The second-order valence-corrected chi connectivity index (χ2v) is 5.20. The first kappa shape index (κ1) is 15.0. The van der Waals surface area contributed by atoms with Crippen LogP contribution in [0.4, 0.5) is 5.00 Å². The molecule has 7 heteroatoms. The standard InChI is InChI=1S/C14H14N2O4S/c1-8-4-3-5-10(6-8)20-7-11(17)15-13-12(14(18)19)9(2)16-21-13/h3-6H,7H2,1-2H3,(H,15,17)(H,18,19). The average molecular weight is 306 g/mol. The molecule has 2 N–H and O–H groups in total. The van der Waals surface area contributed by atoms with E-state index in [-0.39, 0.29) is 17.2 Å². The second-order valence-electron chi connectivity index (χ2n) is 4.43. The quantitative estimate of drug-likeness (QED) is 0.886. The van der Waals surface area contributed by atoms with Gasteiger partial charge in [-0.15, -0.1) is 0 Å². The lowest BCUT2D eigenvalue weighted by Gasteiger charge is -2.07. The van der Waals surface area contributed by atoms with Crippen LogP contribution in [0.15, 0.2) is 24.3 Å². The number of aryl methyl sites for hydroxylation is 2. The lowest BCUT2D eigenvalue weighted by atomic mass is 10.2. The third-order valence-corrected chi connectivity index (χ3v) is 3.54. The summed E-state index contributed by atoms with van der Waals surface area (Å²) >= 11 is 0.939. The number of anilines is 1. The van der Waals surface area contributed by atoms with Gasteiger partial charge >= 0.3 is 5.97 Å². The number of amides is 1. The van der Waals surface area contributed by atoms with Crippen molar-refractivity contribution in [2.24, 2.45) is 0 Å². The summed E-state index contributed by atoms with van der Waals surface area (Å²) < 4.78 is 9.28. The molecule has 0 saturated carbocycles. The molecule has 0 spiro atoms. The fraction of sp³-hybridized carbons (Fsp3) is 0.214. The van der Waals surface area contributed by atoms with Crippen LogP contribution in [0.5, 0.6) is 5.75 Å². The normalized spacial score (nSPS) is 10.2. The van der Waals surface area contributed by atoms with Crippen LogP contribution in [0.1, 0.15) is 21.6 Å². The van der Waals surface area contributed by atoms with E-state index in [0.29, 0.717) is 11.4 Å². The predicted octanol–water partition coefficient (Wildman–Crippen LogP) is 2.48. The number of ether oxygens (including phenoxy) is 1. The fourth-order valence-corrected chi connectivity index (χ4v) is 2.53. The van der Waals surface area contributed by atoms with Crippen molar-refractivity contribution in [3.05, 3.63) is 41.1 Å². The summed E-state index contributed by atoms with van der Waals surface area (Å²) in [5.74, 6) is -0.956. The Morgan fingerprint density at radius 2 is 2.14 bits per heavy atom. The molecule has 0 fully saturated rings. The summed E-state index contributed by atoms with van der Waals surface area (Å²) in [5, 5.41) is 11.8. The van der Waals surface area contributed by atoms with E-state index >= 15 is 0 Å². The van der Waals surface area contributed by atoms with Crippen molar-refractivity contribution in [2.75, 3.05) is 11.9 Å². The Labute approximate surface area is 125 Å². The monoisotopic (exact) mass is 306 g/mol. The van der Waals surface area contributed by atoms with Crippen LogP contribution in [0.3, 0.4) is 0 Å². The minimum absolute atomic E-state index is 0.0175. The van der Waals surface area contributed by atoms with E-state index < -0.39 is 11.9 Å². The molecule has 2 rings (SSSR count). The number of aromatic nitrogens is 1. The maximum atomic E-state index is 11.8. The van der Waals surface area contributed by atoms with Gasteiger partial charge in [0.25, 0.3) is 5.91 Å². The number of hydrogen-bond donors (Lipinski definition) is 2. The number of carbonyl (C=O) groups excluding carboxylic acids is 1. The summed E-state index contributed by atoms with van der Waals surface area (Å²) in [6.45, 7) is 3.31. The van der Waals surface area contributed by atoms with Gasteiger partial charge in [0.05, 0.1) is 5.69 Å². The van der Waals surface area contributed by atoms with Gasteiger partial charge in [-0.25, -0.2) is 4.79 Å². The molecule has 0 aliphatic carbocycles. The Kier molecular flexibility index (Phi) is 4.54. The van der Waals surface area contributed by atoms with E-state index in [1.807, 2.05) is 25.1 Å². The smallest absolute Gasteiger partial charge is 0.340 e. The van der Waals surface area contributed by atoms with Gasteiger partial charge in [0, 0.05) is 0 Å². The first-order chi connectivity index (χ1) is 9.97. The highest BCUT2D eigenvalue weighted by atomic mass is 32.1. The minimum Gasteiger partial charge on any atom is -0.484 e. The summed E-state index contributed by atoms with van der Waals surface area (Å²) in [5.41, 5.74) is 1.42. The Bertz CT molecular complexity index is 681. The first-order valence-electron chi connectivity index (χ1n) is 6.16. The highest BCUT2D eigenvalue weighted by Gasteiger charge is 2.19. The summed E-state index contributed by atoms with van der Waals surface area (Å²) in [4.78, 5) is 22.9. The van der Waals surface area contributed by atoms with Crippen molar-refractivity contribution in [3.63, 3.8) is 0 Å². The topological polar surface area (TPSA) is 88.5 Å². The van der Waals surface area contributed by atoms with Gasteiger partial charge < -0.3 is 15.2 Å². The maximum Gasteiger partial charge on any atom is 0.340 e. The molecule has 0 bridgehead atoms. The number of nitrogens with one attached hydrogen (secondary N) is 1. The predicted molar refractivity (Wildman–Crippen MR) is 79.1 cm³/mol. The minimum atomic E-state index is -1.11. The number of carbonyl (C=O) groups is 2. The highest BCUT2D eigenvalue weighted by Crippen LogP contribution is 2.24. The SMILES string of the molecule is Cc1cccc(OCC(=O)Nc2snc(C)c2C(=O)O)c1. The molecular formula is C14H14N2O4S. The van der Waals surface area contributed by atoms with E-state index in [1.54, 1.807) is 13.0 Å². The van der Waals surface area contributed by atoms with E-state index in [2.05, 4.69) is 9.69 Å². The number of aromatic carboxylic acids is 1. The molecule has 0 aliphatic heterocycles. The highest BCUT2D eigenvalue weighted by molar-refractivity contribution is 7.11.